The summed E-state index contributed by atoms with van der Waals surface area (Å²) >= 11 is 0. The van der Waals surface area contributed by atoms with Gasteiger partial charge in [-0.15, -0.1) is 0 Å². The van der Waals surface area contributed by atoms with Gasteiger partial charge in [-0.1, -0.05) is 31.4 Å². The van der Waals surface area contributed by atoms with Crippen LogP contribution in [0.4, 0.5) is 4.79 Å². The van der Waals surface area contributed by atoms with Gasteiger partial charge in [0.15, 0.2) is 0 Å². The van der Waals surface area contributed by atoms with Crippen LogP contribution in [0.2, 0.25) is 0 Å². The third-order valence-electron chi connectivity index (χ3n) is 6.35. The van der Waals surface area contributed by atoms with Crippen LogP contribution in [0.15, 0.2) is 24.3 Å². The van der Waals surface area contributed by atoms with Gasteiger partial charge in [0.1, 0.15) is 17.8 Å². The lowest BCUT2D eigenvalue weighted by Crippen LogP contribution is -2.49. The van der Waals surface area contributed by atoms with E-state index in [1.165, 1.54) is 0 Å². The minimum absolute atomic E-state index is 0.187. The second-order valence-electron chi connectivity index (χ2n) is 7.78. The van der Waals surface area contributed by atoms with Gasteiger partial charge in [0.2, 0.25) is 5.91 Å². The van der Waals surface area contributed by atoms with Crippen LogP contribution < -0.4 is 4.74 Å². The van der Waals surface area contributed by atoms with Gasteiger partial charge in [0.25, 0.3) is 5.91 Å². The zero-order valence-electron chi connectivity index (χ0n) is 17.1. The van der Waals surface area contributed by atoms with Crippen molar-refractivity contribution in [3.8, 4) is 5.75 Å². The molecular formula is C21H29N3O4. The van der Waals surface area contributed by atoms with E-state index in [2.05, 4.69) is 0 Å². The molecule has 1 aromatic carbocycles. The first-order valence-corrected chi connectivity index (χ1v) is 9.81. The molecule has 4 amide bonds. The van der Waals surface area contributed by atoms with Gasteiger partial charge in [-0.25, -0.2) is 4.79 Å². The quantitative estimate of drug-likeness (QED) is 0.729. The van der Waals surface area contributed by atoms with Crippen LogP contribution in [0.5, 0.6) is 5.75 Å². The Balaban J connectivity index is 1.70. The average molecular weight is 387 g/mol. The molecule has 0 radical (unpaired) electrons. The first-order chi connectivity index (χ1) is 13.3. The van der Waals surface area contributed by atoms with Crippen LogP contribution in [0.1, 0.15) is 50.6 Å². The summed E-state index contributed by atoms with van der Waals surface area (Å²) < 4.78 is 5.17. The average Bonchev–Trinajstić information content (AvgIpc) is 2.89. The minimum Gasteiger partial charge on any atom is -0.497 e. The molecule has 2 aliphatic rings. The molecule has 1 unspecified atom stereocenters. The number of imide groups is 1. The number of ether oxygens (including phenoxy) is 1. The maximum Gasteiger partial charge on any atom is 0.327 e. The molecular weight excluding hydrogens is 358 g/mol. The van der Waals surface area contributed by atoms with Crippen molar-refractivity contribution in [2.45, 2.75) is 50.6 Å². The van der Waals surface area contributed by atoms with Crippen molar-refractivity contribution < 1.29 is 19.1 Å². The standard InChI is InChI=1S/C21H29N3O4/c1-15(16-8-10-17(28-4)11-9-16)22(2)18(25)14-24-19(26)21(23(3)20(24)27)12-6-5-7-13-21/h8-11,15H,5-7,12-14H2,1-4H3. The molecule has 1 atom stereocenters. The van der Waals surface area contributed by atoms with Gasteiger partial charge in [0, 0.05) is 14.1 Å². The number of urea groups is 1. The third-order valence-corrected chi connectivity index (χ3v) is 6.35. The number of hydrogen-bond donors (Lipinski definition) is 0. The van der Waals surface area contributed by atoms with E-state index in [1.807, 2.05) is 31.2 Å². The molecule has 1 saturated heterocycles. The topological polar surface area (TPSA) is 70.2 Å². The summed E-state index contributed by atoms with van der Waals surface area (Å²) in [5.41, 5.74) is 0.201. The summed E-state index contributed by atoms with van der Waals surface area (Å²) in [6, 6.07) is 6.95. The van der Waals surface area contributed by atoms with Crippen molar-refractivity contribution in [2.24, 2.45) is 0 Å². The molecule has 0 bridgehead atoms. The highest BCUT2D eigenvalue weighted by atomic mass is 16.5. The number of benzene rings is 1. The molecule has 152 valence electrons. The Morgan fingerprint density at radius 1 is 1.18 bits per heavy atom. The Kier molecular flexibility index (Phi) is 5.63. The lowest BCUT2D eigenvalue weighted by molar-refractivity contribution is -0.140. The predicted molar refractivity (Wildman–Crippen MR) is 105 cm³/mol. The summed E-state index contributed by atoms with van der Waals surface area (Å²) in [5.74, 6) is 0.267. The van der Waals surface area contributed by atoms with Gasteiger partial charge in [-0.05, 0) is 37.5 Å². The van der Waals surface area contributed by atoms with E-state index in [1.54, 1.807) is 31.0 Å². The van der Waals surface area contributed by atoms with Crippen LogP contribution in [-0.2, 0) is 9.59 Å². The molecule has 0 N–H and O–H groups in total. The third kappa shape index (κ3) is 3.34. The fourth-order valence-electron chi connectivity index (χ4n) is 4.24. The number of carbonyl (C=O) groups is 3. The SMILES string of the molecule is COc1ccc(C(C)N(C)C(=O)CN2C(=O)N(C)C3(CCCCC3)C2=O)cc1. The van der Waals surface area contributed by atoms with Crippen molar-refractivity contribution in [1.29, 1.82) is 0 Å². The summed E-state index contributed by atoms with van der Waals surface area (Å²) in [6.07, 6.45) is 4.30. The summed E-state index contributed by atoms with van der Waals surface area (Å²) in [7, 11) is 4.98. The zero-order valence-corrected chi connectivity index (χ0v) is 17.1. The summed E-state index contributed by atoms with van der Waals surface area (Å²) in [5, 5.41) is 0. The Morgan fingerprint density at radius 3 is 2.36 bits per heavy atom. The molecule has 7 heteroatoms. The van der Waals surface area contributed by atoms with Crippen molar-refractivity contribution in [2.75, 3.05) is 27.7 Å². The van der Waals surface area contributed by atoms with Crippen molar-refractivity contribution >= 4 is 17.8 Å². The van der Waals surface area contributed by atoms with Gasteiger partial charge >= 0.3 is 6.03 Å². The van der Waals surface area contributed by atoms with E-state index in [0.717, 1.165) is 35.5 Å². The Morgan fingerprint density at radius 2 is 1.79 bits per heavy atom. The number of nitrogens with zero attached hydrogens (tertiary/aromatic N) is 3. The van der Waals surface area contributed by atoms with Gasteiger partial charge < -0.3 is 14.5 Å². The van der Waals surface area contributed by atoms with E-state index in [4.69, 9.17) is 4.74 Å². The zero-order chi connectivity index (χ0) is 20.5. The molecule has 28 heavy (non-hydrogen) atoms. The first kappa shape index (κ1) is 20.2. The number of carbonyl (C=O) groups excluding carboxylic acids is 3. The van der Waals surface area contributed by atoms with Gasteiger partial charge in [-0.2, -0.15) is 0 Å². The molecule has 7 nitrogen and oxygen atoms in total. The minimum atomic E-state index is -0.754. The molecule has 1 aliphatic heterocycles. The van der Waals surface area contributed by atoms with Crippen molar-refractivity contribution in [3.63, 3.8) is 0 Å². The van der Waals surface area contributed by atoms with Crippen LogP contribution in [0.25, 0.3) is 0 Å². The first-order valence-electron chi connectivity index (χ1n) is 9.81. The fourth-order valence-corrected chi connectivity index (χ4v) is 4.24. The monoisotopic (exact) mass is 387 g/mol. The molecule has 1 aromatic rings. The van der Waals surface area contributed by atoms with E-state index in [0.29, 0.717) is 12.8 Å². The van der Waals surface area contributed by atoms with Crippen molar-refractivity contribution in [1.82, 2.24) is 14.7 Å². The summed E-state index contributed by atoms with van der Waals surface area (Å²) in [4.78, 5) is 42.9. The molecule has 1 spiro atoms. The fraction of sp³-hybridized carbons (Fsp3) is 0.571. The molecule has 2 fully saturated rings. The number of rotatable bonds is 5. The smallest absolute Gasteiger partial charge is 0.327 e. The maximum atomic E-state index is 13.1. The highest BCUT2D eigenvalue weighted by molar-refractivity contribution is 6.08. The van der Waals surface area contributed by atoms with Crippen molar-refractivity contribution in [3.05, 3.63) is 29.8 Å². The number of methoxy groups -OCH3 is 1. The van der Waals surface area contributed by atoms with E-state index in [-0.39, 0.29) is 30.4 Å². The van der Waals surface area contributed by atoms with Crippen LogP contribution in [0.3, 0.4) is 0 Å². The van der Waals surface area contributed by atoms with Gasteiger partial charge in [-0.3, -0.25) is 14.5 Å². The molecule has 1 heterocycles. The number of likely N-dealkylation sites (N-methyl/N-ethyl adjacent to an activating group) is 2. The Hall–Kier alpha value is -2.57. The van der Waals surface area contributed by atoms with E-state index >= 15 is 0 Å². The number of amides is 4. The lowest BCUT2D eigenvalue weighted by atomic mass is 9.81. The van der Waals surface area contributed by atoms with Gasteiger partial charge in [0.05, 0.1) is 13.2 Å². The summed E-state index contributed by atoms with van der Waals surface area (Å²) in [6.45, 7) is 1.70. The second-order valence-corrected chi connectivity index (χ2v) is 7.78. The number of hydrogen-bond acceptors (Lipinski definition) is 4. The lowest BCUT2D eigenvalue weighted by Gasteiger charge is -2.35. The maximum absolute atomic E-state index is 13.1. The van der Waals surface area contributed by atoms with Crippen LogP contribution in [-0.4, -0.2) is 65.8 Å². The molecule has 0 aromatic heterocycles. The second kappa shape index (κ2) is 7.81. The van der Waals surface area contributed by atoms with E-state index in [9.17, 15) is 14.4 Å². The largest absolute Gasteiger partial charge is 0.497 e. The molecule has 1 saturated carbocycles. The predicted octanol–water partition coefficient (Wildman–Crippen LogP) is 2.81. The Labute approximate surface area is 166 Å². The highest BCUT2D eigenvalue weighted by Crippen LogP contribution is 2.39. The Bertz CT molecular complexity index is 755. The van der Waals surface area contributed by atoms with Crippen LogP contribution >= 0.6 is 0 Å². The highest BCUT2D eigenvalue weighted by Gasteiger charge is 2.55. The normalized spacial score (nSPS) is 19.9. The van der Waals surface area contributed by atoms with Crippen LogP contribution in [0, 0.1) is 0 Å². The molecule has 3 rings (SSSR count). The van der Waals surface area contributed by atoms with E-state index < -0.39 is 5.54 Å². The molecule has 1 aliphatic carbocycles.